The van der Waals surface area contributed by atoms with Crippen molar-refractivity contribution >= 4 is 35.2 Å². The lowest BCUT2D eigenvalue weighted by Crippen LogP contribution is -2.25. The normalized spacial score (nSPS) is 12.1. The number of esters is 1. The lowest BCUT2D eigenvalue weighted by molar-refractivity contribution is -0.147. The van der Waals surface area contributed by atoms with E-state index >= 15 is 0 Å². The van der Waals surface area contributed by atoms with Gasteiger partial charge in [0.15, 0.2) is 11.9 Å². The van der Waals surface area contributed by atoms with Crippen LogP contribution < -0.4 is 9.47 Å². The molecule has 0 aliphatic rings. The molecule has 0 N–H and O–H groups in total. The van der Waals surface area contributed by atoms with Crippen molar-refractivity contribution in [1.29, 1.82) is 0 Å². The molecule has 0 fully saturated rings. The van der Waals surface area contributed by atoms with Crippen molar-refractivity contribution < 1.29 is 19.0 Å². The predicted octanol–water partition coefficient (Wildman–Crippen LogP) is 5.36. The standard InChI is InChI=1S/C20H22Cl2N2O4/c1-11(2)7-8-14-12(3)23-24(5)19(14)28-18-10-17(15(21)9-16(18)22)27-13(4)20(25)26-6/h7-10,13H,1H2,2-6H3/b8-7+/t13-/m0/s1. The molecule has 28 heavy (non-hydrogen) atoms. The van der Waals surface area contributed by atoms with Gasteiger partial charge in [0.25, 0.3) is 0 Å². The van der Waals surface area contributed by atoms with E-state index in [1.807, 2.05) is 26.0 Å². The molecule has 0 amide bonds. The highest BCUT2D eigenvalue weighted by Gasteiger charge is 2.20. The van der Waals surface area contributed by atoms with E-state index < -0.39 is 12.1 Å². The number of carbonyl (C=O) groups is 1. The summed E-state index contributed by atoms with van der Waals surface area (Å²) in [6.07, 6.45) is 2.90. The zero-order valence-electron chi connectivity index (χ0n) is 16.4. The number of nitrogens with zero attached hydrogens (tertiary/aromatic N) is 2. The second-order valence-corrected chi connectivity index (χ2v) is 7.02. The minimum Gasteiger partial charge on any atom is -0.477 e. The summed E-state index contributed by atoms with van der Waals surface area (Å²) in [7, 11) is 3.05. The summed E-state index contributed by atoms with van der Waals surface area (Å²) >= 11 is 12.5. The third-order valence-electron chi connectivity index (χ3n) is 3.78. The summed E-state index contributed by atoms with van der Waals surface area (Å²) in [5, 5.41) is 4.92. The lowest BCUT2D eigenvalue weighted by Gasteiger charge is -2.16. The van der Waals surface area contributed by atoms with Crippen molar-refractivity contribution in [3.05, 3.63) is 51.7 Å². The van der Waals surface area contributed by atoms with Crippen LogP contribution >= 0.6 is 23.2 Å². The van der Waals surface area contributed by atoms with Crippen molar-refractivity contribution in [2.24, 2.45) is 7.05 Å². The molecule has 0 unspecified atom stereocenters. The third-order valence-corrected chi connectivity index (χ3v) is 4.37. The van der Waals surface area contributed by atoms with Crippen LogP contribution in [0.5, 0.6) is 17.4 Å². The van der Waals surface area contributed by atoms with E-state index in [1.54, 1.807) is 18.7 Å². The van der Waals surface area contributed by atoms with Crippen LogP contribution in [0.1, 0.15) is 25.1 Å². The van der Waals surface area contributed by atoms with E-state index in [4.69, 9.17) is 32.7 Å². The first-order valence-electron chi connectivity index (χ1n) is 8.42. The minimum atomic E-state index is -0.843. The van der Waals surface area contributed by atoms with Crippen molar-refractivity contribution in [1.82, 2.24) is 9.78 Å². The van der Waals surface area contributed by atoms with Gasteiger partial charge in [-0.1, -0.05) is 41.4 Å². The van der Waals surface area contributed by atoms with Crippen LogP contribution in [0.2, 0.25) is 10.0 Å². The summed E-state index contributed by atoms with van der Waals surface area (Å²) < 4.78 is 17.9. The smallest absolute Gasteiger partial charge is 0.346 e. The van der Waals surface area contributed by atoms with Gasteiger partial charge in [0.1, 0.15) is 5.75 Å². The van der Waals surface area contributed by atoms with Crippen LogP contribution in [-0.4, -0.2) is 29.0 Å². The number of aromatic nitrogens is 2. The fourth-order valence-electron chi connectivity index (χ4n) is 2.38. The Hall–Kier alpha value is -2.44. The van der Waals surface area contributed by atoms with Crippen molar-refractivity contribution in [2.75, 3.05) is 7.11 Å². The zero-order valence-corrected chi connectivity index (χ0v) is 17.9. The number of benzene rings is 1. The van der Waals surface area contributed by atoms with Gasteiger partial charge in [-0.2, -0.15) is 5.10 Å². The van der Waals surface area contributed by atoms with Gasteiger partial charge in [0, 0.05) is 13.1 Å². The Morgan fingerprint density at radius 3 is 2.54 bits per heavy atom. The van der Waals surface area contributed by atoms with Gasteiger partial charge in [-0.25, -0.2) is 9.48 Å². The van der Waals surface area contributed by atoms with Gasteiger partial charge in [-0.3, -0.25) is 0 Å². The first-order chi connectivity index (χ1) is 13.1. The molecular formula is C20H22Cl2N2O4. The number of carbonyl (C=O) groups excluding carboxylic acids is 1. The third kappa shape index (κ3) is 5.09. The van der Waals surface area contributed by atoms with Gasteiger partial charge in [-0.05, 0) is 32.9 Å². The molecule has 0 radical (unpaired) electrons. The highest BCUT2D eigenvalue weighted by atomic mass is 35.5. The van der Waals surface area contributed by atoms with Crippen LogP contribution in [0, 0.1) is 6.92 Å². The van der Waals surface area contributed by atoms with Gasteiger partial charge in [0.05, 0.1) is 28.4 Å². The molecule has 2 aromatic rings. The van der Waals surface area contributed by atoms with E-state index in [-0.39, 0.29) is 15.8 Å². The largest absolute Gasteiger partial charge is 0.477 e. The molecule has 0 saturated carbocycles. The summed E-state index contributed by atoms with van der Waals surface area (Å²) in [4.78, 5) is 11.6. The van der Waals surface area contributed by atoms with Gasteiger partial charge in [0.2, 0.25) is 5.88 Å². The number of hydrogen-bond acceptors (Lipinski definition) is 5. The maximum absolute atomic E-state index is 11.6. The van der Waals surface area contributed by atoms with E-state index in [0.29, 0.717) is 11.6 Å². The fraction of sp³-hybridized carbons (Fsp3) is 0.300. The van der Waals surface area contributed by atoms with E-state index in [9.17, 15) is 4.79 Å². The summed E-state index contributed by atoms with van der Waals surface area (Å²) in [5.74, 6) is 0.525. The number of methoxy groups -OCH3 is 1. The number of halogens is 2. The Bertz CT molecular complexity index is 935. The van der Waals surface area contributed by atoms with Crippen molar-refractivity contribution in [3.8, 4) is 17.4 Å². The molecule has 2 rings (SSSR count). The minimum absolute atomic E-state index is 0.247. The lowest BCUT2D eigenvalue weighted by atomic mass is 10.2. The molecule has 0 bridgehead atoms. The quantitative estimate of drug-likeness (QED) is 0.442. The molecular weight excluding hydrogens is 403 g/mol. The molecule has 0 aliphatic carbocycles. The Labute approximate surface area is 174 Å². The average molecular weight is 425 g/mol. The van der Waals surface area contributed by atoms with Crippen LogP contribution in [0.25, 0.3) is 6.08 Å². The number of allylic oxidation sites excluding steroid dienone is 2. The molecule has 1 heterocycles. The Kier molecular flexibility index (Phi) is 7.16. The molecule has 1 aromatic heterocycles. The predicted molar refractivity (Wildman–Crippen MR) is 110 cm³/mol. The Morgan fingerprint density at radius 1 is 1.29 bits per heavy atom. The number of ether oxygens (including phenoxy) is 3. The zero-order chi connectivity index (χ0) is 21.0. The molecule has 8 heteroatoms. The number of aryl methyl sites for hydroxylation is 2. The Balaban J connectivity index is 2.41. The van der Waals surface area contributed by atoms with E-state index in [0.717, 1.165) is 16.8 Å². The topological polar surface area (TPSA) is 62.6 Å². The molecule has 6 nitrogen and oxygen atoms in total. The Morgan fingerprint density at radius 2 is 1.93 bits per heavy atom. The van der Waals surface area contributed by atoms with Gasteiger partial charge >= 0.3 is 5.97 Å². The van der Waals surface area contributed by atoms with Gasteiger partial charge in [-0.15, -0.1) is 0 Å². The molecule has 1 atom stereocenters. The monoisotopic (exact) mass is 424 g/mol. The highest BCUT2D eigenvalue weighted by molar-refractivity contribution is 6.36. The fourth-order valence-corrected chi connectivity index (χ4v) is 2.85. The molecule has 0 saturated heterocycles. The molecule has 0 aliphatic heterocycles. The second kappa shape index (κ2) is 9.17. The van der Waals surface area contributed by atoms with Crippen molar-refractivity contribution in [3.63, 3.8) is 0 Å². The number of hydrogen-bond donors (Lipinski definition) is 0. The second-order valence-electron chi connectivity index (χ2n) is 6.21. The van der Waals surface area contributed by atoms with E-state index in [2.05, 4.69) is 16.4 Å². The molecule has 1 aromatic carbocycles. The molecule has 0 spiro atoms. The number of rotatable bonds is 7. The van der Waals surface area contributed by atoms with E-state index in [1.165, 1.54) is 19.2 Å². The maximum Gasteiger partial charge on any atom is 0.346 e. The SMILES string of the molecule is C=C(C)/C=C/c1c(C)nn(C)c1Oc1cc(O[C@@H](C)C(=O)OC)c(Cl)cc1Cl. The van der Waals surface area contributed by atoms with Crippen LogP contribution in [-0.2, 0) is 16.6 Å². The first-order valence-corrected chi connectivity index (χ1v) is 9.18. The maximum atomic E-state index is 11.6. The summed E-state index contributed by atoms with van der Waals surface area (Å²) in [5.41, 5.74) is 2.48. The molecule has 150 valence electrons. The highest BCUT2D eigenvalue weighted by Crippen LogP contribution is 2.39. The van der Waals surface area contributed by atoms with Crippen LogP contribution in [0.15, 0.2) is 30.4 Å². The first kappa shape index (κ1) is 21.9. The van der Waals surface area contributed by atoms with Crippen LogP contribution in [0.4, 0.5) is 0 Å². The van der Waals surface area contributed by atoms with Crippen molar-refractivity contribution in [2.45, 2.75) is 26.9 Å². The summed E-state index contributed by atoms with van der Waals surface area (Å²) in [6, 6.07) is 3.02. The van der Waals surface area contributed by atoms with Gasteiger partial charge < -0.3 is 14.2 Å². The average Bonchev–Trinajstić information content (AvgIpc) is 2.89. The van der Waals surface area contributed by atoms with Crippen LogP contribution in [0.3, 0.4) is 0 Å². The summed E-state index contributed by atoms with van der Waals surface area (Å²) in [6.45, 7) is 9.19.